The summed E-state index contributed by atoms with van der Waals surface area (Å²) in [6, 6.07) is 0. The summed E-state index contributed by atoms with van der Waals surface area (Å²) in [6.07, 6.45) is 4.06. The van der Waals surface area contributed by atoms with Crippen LogP contribution in [0.1, 0.15) is 47.0 Å². The maximum atomic E-state index is 5.78. The van der Waals surface area contributed by atoms with Crippen molar-refractivity contribution in [2.45, 2.75) is 64.7 Å². The van der Waals surface area contributed by atoms with E-state index in [4.69, 9.17) is 9.47 Å². The van der Waals surface area contributed by atoms with Crippen molar-refractivity contribution in [3.63, 3.8) is 0 Å². The summed E-state index contributed by atoms with van der Waals surface area (Å²) in [5.41, 5.74) is 0.210. The lowest BCUT2D eigenvalue weighted by Crippen LogP contribution is -2.43. The highest BCUT2D eigenvalue weighted by Gasteiger charge is 2.18. The third-order valence-electron chi connectivity index (χ3n) is 3.34. The van der Waals surface area contributed by atoms with E-state index in [1.807, 2.05) is 0 Å². The lowest BCUT2D eigenvalue weighted by Gasteiger charge is -2.27. The highest BCUT2D eigenvalue weighted by molar-refractivity contribution is 4.76. The average Bonchev–Trinajstić information content (AvgIpc) is 2.76. The average molecular weight is 229 g/mol. The normalized spacial score (nSPS) is 23.6. The van der Waals surface area contributed by atoms with Crippen LogP contribution in [0, 0.1) is 0 Å². The van der Waals surface area contributed by atoms with Crippen LogP contribution in [0.5, 0.6) is 0 Å². The third-order valence-corrected chi connectivity index (χ3v) is 3.34. The van der Waals surface area contributed by atoms with Gasteiger partial charge in [0.15, 0.2) is 0 Å². The molecule has 1 saturated heterocycles. The first-order valence-corrected chi connectivity index (χ1v) is 6.52. The second-order valence-corrected chi connectivity index (χ2v) is 5.40. The van der Waals surface area contributed by atoms with Crippen molar-refractivity contribution in [2.75, 3.05) is 19.8 Å². The number of nitrogens with one attached hydrogen (secondary N) is 1. The van der Waals surface area contributed by atoms with Crippen molar-refractivity contribution >= 4 is 0 Å². The molecule has 0 aromatic heterocycles. The van der Waals surface area contributed by atoms with E-state index >= 15 is 0 Å². The summed E-state index contributed by atoms with van der Waals surface area (Å²) in [5.74, 6) is 0. The van der Waals surface area contributed by atoms with E-state index in [1.54, 1.807) is 0 Å². The van der Waals surface area contributed by atoms with E-state index < -0.39 is 0 Å². The zero-order chi connectivity index (χ0) is 12.0. The molecule has 0 spiro atoms. The van der Waals surface area contributed by atoms with Gasteiger partial charge in [-0.25, -0.2) is 0 Å². The van der Waals surface area contributed by atoms with Crippen LogP contribution in [0.15, 0.2) is 0 Å². The molecule has 96 valence electrons. The Morgan fingerprint density at radius 1 is 1.50 bits per heavy atom. The van der Waals surface area contributed by atoms with Gasteiger partial charge in [-0.05, 0) is 40.0 Å². The Balaban J connectivity index is 2.08. The van der Waals surface area contributed by atoms with Gasteiger partial charge >= 0.3 is 0 Å². The van der Waals surface area contributed by atoms with Crippen molar-refractivity contribution in [3.05, 3.63) is 0 Å². The van der Waals surface area contributed by atoms with Gasteiger partial charge < -0.3 is 14.8 Å². The van der Waals surface area contributed by atoms with Crippen LogP contribution in [0.4, 0.5) is 0 Å². The molecular formula is C13H27NO2. The third kappa shape index (κ3) is 5.28. The fraction of sp³-hybridized carbons (Fsp3) is 1.00. The van der Waals surface area contributed by atoms with E-state index in [1.165, 1.54) is 6.42 Å². The topological polar surface area (TPSA) is 30.5 Å². The SMILES string of the molecule is CCC(C)(C)NCC(C)OCC1CCCO1. The van der Waals surface area contributed by atoms with Crippen molar-refractivity contribution in [3.8, 4) is 0 Å². The fourth-order valence-electron chi connectivity index (χ4n) is 1.65. The van der Waals surface area contributed by atoms with Gasteiger partial charge in [0.2, 0.25) is 0 Å². The Kier molecular flexibility index (Phi) is 5.73. The molecule has 1 fully saturated rings. The Bertz CT molecular complexity index is 188. The highest BCUT2D eigenvalue weighted by atomic mass is 16.5. The number of ether oxygens (including phenoxy) is 2. The quantitative estimate of drug-likeness (QED) is 0.727. The summed E-state index contributed by atoms with van der Waals surface area (Å²) in [4.78, 5) is 0. The van der Waals surface area contributed by atoms with Crippen LogP contribution < -0.4 is 5.32 Å². The molecule has 1 rings (SSSR count). The summed E-state index contributed by atoms with van der Waals surface area (Å²) in [5, 5.41) is 3.52. The molecule has 3 heteroatoms. The lowest BCUT2D eigenvalue weighted by atomic mass is 10.0. The first kappa shape index (κ1) is 13.9. The molecule has 2 atom stereocenters. The van der Waals surface area contributed by atoms with Gasteiger partial charge in [0.1, 0.15) is 0 Å². The molecule has 0 saturated carbocycles. The first-order chi connectivity index (χ1) is 7.53. The first-order valence-electron chi connectivity index (χ1n) is 6.52. The van der Waals surface area contributed by atoms with Crippen molar-refractivity contribution < 1.29 is 9.47 Å². The molecule has 0 aliphatic carbocycles. The molecule has 0 radical (unpaired) electrons. The van der Waals surface area contributed by atoms with Gasteiger partial charge in [0.05, 0.1) is 18.8 Å². The molecule has 0 aromatic carbocycles. The fourth-order valence-corrected chi connectivity index (χ4v) is 1.65. The number of rotatable bonds is 7. The summed E-state index contributed by atoms with van der Waals surface area (Å²) >= 11 is 0. The molecule has 1 aliphatic heterocycles. The second-order valence-electron chi connectivity index (χ2n) is 5.40. The molecule has 0 aromatic rings. The largest absolute Gasteiger partial charge is 0.376 e. The van der Waals surface area contributed by atoms with E-state index in [9.17, 15) is 0 Å². The monoisotopic (exact) mass is 229 g/mol. The van der Waals surface area contributed by atoms with Gasteiger partial charge in [-0.15, -0.1) is 0 Å². The van der Waals surface area contributed by atoms with Crippen LogP contribution in [-0.4, -0.2) is 37.5 Å². The van der Waals surface area contributed by atoms with Gasteiger partial charge in [0, 0.05) is 18.7 Å². The van der Waals surface area contributed by atoms with Crippen LogP contribution >= 0.6 is 0 Å². The Morgan fingerprint density at radius 3 is 2.81 bits per heavy atom. The van der Waals surface area contributed by atoms with Crippen LogP contribution in [-0.2, 0) is 9.47 Å². The summed E-state index contributed by atoms with van der Waals surface area (Å²) < 4.78 is 11.3. The van der Waals surface area contributed by atoms with Crippen LogP contribution in [0.3, 0.4) is 0 Å². The highest BCUT2D eigenvalue weighted by Crippen LogP contribution is 2.13. The maximum absolute atomic E-state index is 5.78. The van der Waals surface area contributed by atoms with Gasteiger partial charge in [-0.2, -0.15) is 0 Å². The molecule has 1 N–H and O–H groups in total. The minimum atomic E-state index is 0.210. The zero-order valence-electron chi connectivity index (χ0n) is 11.2. The minimum Gasteiger partial charge on any atom is -0.376 e. The smallest absolute Gasteiger partial charge is 0.0809 e. The lowest BCUT2D eigenvalue weighted by molar-refractivity contribution is -0.0151. The molecule has 0 amide bonds. The molecule has 16 heavy (non-hydrogen) atoms. The van der Waals surface area contributed by atoms with Crippen molar-refractivity contribution in [1.29, 1.82) is 0 Å². The van der Waals surface area contributed by atoms with Crippen LogP contribution in [0.2, 0.25) is 0 Å². The van der Waals surface area contributed by atoms with E-state index in [2.05, 4.69) is 33.0 Å². The standard InChI is InChI=1S/C13H27NO2/c1-5-13(3,4)14-9-11(2)16-10-12-7-6-8-15-12/h11-12,14H,5-10H2,1-4H3. The Morgan fingerprint density at radius 2 is 2.25 bits per heavy atom. The summed E-state index contributed by atoms with van der Waals surface area (Å²) in [6.45, 7) is 11.3. The van der Waals surface area contributed by atoms with Gasteiger partial charge in [-0.1, -0.05) is 6.92 Å². The minimum absolute atomic E-state index is 0.210. The number of hydrogen-bond donors (Lipinski definition) is 1. The molecule has 2 unspecified atom stereocenters. The maximum Gasteiger partial charge on any atom is 0.0809 e. The predicted molar refractivity (Wildman–Crippen MR) is 66.8 cm³/mol. The van der Waals surface area contributed by atoms with Gasteiger partial charge in [-0.3, -0.25) is 0 Å². The predicted octanol–water partition coefficient (Wildman–Crippen LogP) is 2.35. The summed E-state index contributed by atoms with van der Waals surface area (Å²) in [7, 11) is 0. The second kappa shape index (κ2) is 6.58. The molecule has 0 bridgehead atoms. The van der Waals surface area contributed by atoms with Gasteiger partial charge in [0.25, 0.3) is 0 Å². The number of hydrogen-bond acceptors (Lipinski definition) is 3. The molecule has 3 nitrogen and oxygen atoms in total. The van der Waals surface area contributed by atoms with Crippen molar-refractivity contribution in [1.82, 2.24) is 5.32 Å². The van der Waals surface area contributed by atoms with E-state index in [0.29, 0.717) is 6.10 Å². The van der Waals surface area contributed by atoms with Crippen LogP contribution in [0.25, 0.3) is 0 Å². The molecule has 1 aliphatic rings. The Labute approximate surface area is 99.9 Å². The zero-order valence-corrected chi connectivity index (χ0v) is 11.2. The molecular weight excluding hydrogens is 202 g/mol. The van der Waals surface area contributed by atoms with E-state index in [-0.39, 0.29) is 11.6 Å². The van der Waals surface area contributed by atoms with E-state index in [0.717, 1.165) is 32.6 Å². The Hall–Kier alpha value is -0.120. The van der Waals surface area contributed by atoms with Crippen molar-refractivity contribution in [2.24, 2.45) is 0 Å². The molecule has 1 heterocycles.